The van der Waals surface area contributed by atoms with Crippen molar-refractivity contribution in [2.75, 3.05) is 0 Å². The number of hydrogen-bond donors (Lipinski definition) is 1. The minimum Gasteiger partial charge on any atom is -0.387 e. The van der Waals surface area contributed by atoms with Crippen molar-refractivity contribution in [2.45, 2.75) is 13.0 Å². The maximum atomic E-state index is 9.63. The first kappa shape index (κ1) is 10.2. The van der Waals surface area contributed by atoms with Crippen molar-refractivity contribution in [3.05, 3.63) is 28.5 Å². The summed E-state index contributed by atoms with van der Waals surface area (Å²) in [6.45, 7) is 1.67. The fraction of sp³-hybridized carbons (Fsp3) is 0.333. The summed E-state index contributed by atoms with van der Waals surface area (Å²) < 4.78 is 0.800. The smallest absolute Gasteiger partial charge is 0.0960 e. The lowest BCUT2D eigenvalue weighted by molar-refractivity contribution is 0.142. The van der Waals surface area contributed by atoms with E-state index in [9.17, 15) is 5.11 Å². The van der Waals surface area contributed by atoms with Crippen molar-refractivity contribution in [2.24, 2.45) is 5.92 Å². The Morgan fingerprint density at radius 2 is 2.31 bits per heavy atom. The number of nitriles is 1. The molecule has 1 aromatic rings. The molecule has 2 unspecified atom stereocenters. The van der Waals surface area contributed by atoms with Crippen LogP contribution in [0.3, 0.4) is 0 Å². The normalized spacial score (nSPS) is 14.6. The Kier molecular flexibility index (Phi) is 3.40. The first-order valence-corrected chi connectivity index (χ1v) is 4.62. The molecule has 0 saturated heterocycles. The third-order valence-electron chi connectivity index (χ3n) is 1.74. The zero-order valence-electron chi connectivity index (χ0n) is 7.11. The number of halogens is 1. The highest BCUT2D eigenvalue weighted by Gasteiger charge is 2.15. The molecule has 2 atom stereocenters. The maximum absolute atomic E-state index is 9.63. The summed E-state index contributed by atoms with van der Waals surface area (Å²) >= 11 is 3.24. The van der Waals surface area contributed by atoms with E-state index >= 15 is 0 Å². The van der Waals surface area contributed by atoms with Gasteiger partial charge in [0.2, 0.25) is 0 Å². The highest BCUT2D eigenvalue weighted by atomic mass is 79.9. The standard InChI is InChI=1S/C9H9BrN2O/c1-6(3-11)9(13)7-2-8(10)5-12-4-7/h2,4-6,9,13H,1H3. The van der Waals surface area contributed by atoms with Gasteiger partial charge >= 0.3 is 0 Å². The van der Waals surface area contributed by atoms with Crippen LogP contribution < -0.4 is 0 Å². The largest absolute Gasteiger partial charge is 0.387 e. The first-order valence-electron chi connectivity index (χ1n) is 3.83. The van der Waals surface area contributed by atoms with Gasteiger partial charge in [0.1, 0.15) is 0 Å². The van der Waals surface area contributed by atoms with E-state index in [1.54, 1.807) is 25.4 Å². The van der Waals surface area contributed by atoms with Gasteiger partial charge in [-0.25, -0.2) is 0 Å². The summed E-state index contributed by atoms with van der Waals surface area (Å²) in [6.07, 6.45) is 2.42. The first-order chi connectivity index (χ1) is 6.15. The van der Waals surface area contributed by atoms with Crippen LogP contribution in [0.2, 0.25) is 0 Å². The predicted molar refractivity (Wildman–Crippen MR) is 51.7 cm³/mol. The molecule has 3 nitrogen and oxygen atoms in total. The van der Waals surface area contributed by atoms with Crippen molar-refractivity contribution in [1.82, 2.24) is 4.98 Å². The number of rotatable bonds is 2. The highest BCUT2D eigenvalue weighted by molar-refractivity contribution is 9.10. The van der Waals surface area contributed by atoms with Crippen LogP contribution in [-0.4, -0.2) is 10.1 Å². The molecule has 1 aromatic heterocycles. The van der Waals surface area contributed by atoms with Gasteiger partial charge in [0.25, 0.3) is 0 Å². The maximum Gasteiger partial charge on any atom is 0.0960 e. The molecule has 0 radical (unpaired) electrons. The summed E-state index contributed by atoms with van der Waals surface area (Å²) in [7, 11) is 0. The Morgan fingerprint density at radius 3 is 2.85 bits per heavy atom. The van der Waals surface area contributed by atoms with Gasteiger partial charge < -0.3 is 5.11 Å². The van der Waals surface area contributed by atoms with E-state index in [0.29, 0.717) is 5.56 Å². The fourth-order valence-electron chi connectivity index (χ4n) is 0.949. The summed E-state index contributed by atoms with van der Waals surface area (Å²) in [5.74, 6) is -0.420. The van der Waals surface area contributed by atoms with Crippen LogP contribution in [0.4, 0.5) is 0 Å². The second kappa shape index (κ2) is 4.35. The lowest BCUT2D eigenvalue weighted by Crippen LogP contribution is -2.07. The number of pyridine rings is 1. The lowest BCUT2D eigenvalue weighted by atomic mass is 10.0. The monoisotopic (exact) mass is 240 g/mol. The number of aromatic nitrogens is 1. The number of aliphatic hydroxyl groups excluding tert-OH is 1. The van der Waals surface area contributed by atoms with E-state index in [0.717, 1.165) is 4.47 Å². The molecule has 1 heterocycles. The Balaban J connectivity index is 2.90. The van der Waals surface area contributed by atoms with Crippen LogP contribution in [0.25, 0.3) is 0 Å². The van der Waals surface area contributed by atoms with Gasteiger partial charge in [0, 0.05) is 22.4 Å². The topological polar surface area (TPSA) is 56.9 Å². The van der Waals surface area contributed by atoms with Crippen LogP contribution >= 0.6 is 15.9 Å². The lowest BCUT2D eigenvalue weighted by Gasteiger charge is -2.11. The summed E-state index contributed by atoms with van der Waals surface area (Å²) in [5, 5.41) is 18.2. The molecule has 0 saturated carbocycles. The molecule has 0 aromatic carbocycles. The SMILES string of the molecule is CC(C#N)C(O)c1cncc(Br)c1. The average molecular weight is 241 g/mol. The van der Waals surface area contributed by atoms with Crippen molar-refractivity contribution < 1.29 is 5.11 Å². The summed E-state index contributed by atoms with van der Waals surface area (Å²) in [6, 6.07) is 3.75. The zero-order valence-corrected chi connectivity index (χ0v) is 8.69. The zero-order chi connectivity index (χ0) is 9.84. The van der Waals surface area contributed by atoms with Gasteiger partial charge in [-0.15, -0.1) is 0 Å². The Morgan fingerprint density at radius 1 is 1.62 bits per heavy atom. The van der Waals surface area contributed by atoms with E-state index < -0.39 is 12.0 Å². The predicted octanol–water partition coefficient (Wildman–Crippen LogP) is 2.04. The van der Waals surface area contributed by atoms with E-state index in [-0.39, 0.29) is 0 Å². The van der Waals surface area contributed by atoms with Crippen LogP contribution in [-0.2, 0) is 0 Å². The average Bonchev–Trinajstić information content (AvgIpc) is 2.15. The third kappa shape index (κ3) is 2.51. The van der Waals surface area contributed by atoms with E-state index in [4.69, 9.17) is 5.26 Å². The number of hydrogen-bond acceptors (Lipinski definition) is 3. The second-order valence-corrected chi connectivity index (χ2v) is 3.71. The van der Waals surface area contributed by atoms with Gasteiger partial charge in [0.05, 0.1) is 18.1 Å². The van der Waals surface area contributed by atoms with Crippen LogP contribution in [0.1, 0.15) is 18.6 Å². The Bertz CT molecular complexity index is 335. The number of nitrogens with zero attached hydrogens (tertiary/aromatic N) is 2. The molecule has 0 aliphatic carbocycles. The molecule has 0 aliphatic heterocycles. The minimum absolute atomic E-state index is 0.420. The Hall–Kier alpha value is -0.920. The molecule has 0 amide bonds. The third-order valence-corrected chi connectivity index (χ3v) is 2.18. The highest BCUT2D eigenvalue weighted by Crippen LogP contribution is 2.22. The minimum atomic E-state index is -0.769. The van der Waals surface area contributed by atoms with Gasteiger partial charge in [0.15, 0.2) is 0 Å². The summed E-state index contributed by atoms with van der Waals surface area (Å²) in [4.78, 5) is 3.91. The molecular formula is C9H9BrN2O. The molecule has 68 valence electrons. The van der Waals surface area contributed by atoms with Gasteiger partial charge in [-0.1, -0.05) is 0 Å². The van der Waals surface area contributed by atoms with Crippen molar-refractivity contribution in [3.8, 4) is 6.07 Å². The van der Waals surface area contributed by atoms with E-state index in [1.165, 1.54) is 0 Å². The van der Waals surface area contributed by atoms with Crippen molar-refractivity contribution in [3.63, 3.8) is 0 Å². The van der Waals surface area contributed by atoms with Crippen molar-refractivity contribution in [1.29, 1.82) is 5.26 Å². The quantitative estimate of drug-likeness (QED) is 0.861. The van der Waals surface area contributed by atoms with E-state index in [2.05, 4.69) is 20.9 Å². The molecule has 0 fully saturated rings. The number of aliphatic hydroxyl groups is 1. The van der Waals surface area contributed by atoms with Gasteiger partial charge in [-0.2, -0.15) is 5.26 Å². The van der Waals surface area contributed by atoms with E-state index in [1.807, 2.05) is 6.07 Å². The molecule has 1 rings (SSSR count). The molecule has 4 heteroatoms. The summed E-state index contributed by atoms with van der Waals surface area (Å²) in [5.41, 5.74) is 0.656. The van der Waals surface area contributed by atoms with Crippen molar-refractivity contribution >= 4 is 15.9 Å². The molecule has 0 spiro atoms. The van der Waals surface area contributed by atoms with Gasteiger partial charge in [-0.3, -0.25) is 4.98 Å². The molecule has 13 heavy (non-hydrogen) atoms. The molecule has 0 bridgehead atoms. The molecule has 0 aliphatic rings. The van der Waals surface area contributed by atoms with Gasteiger partial charge in [-0.05, 0) is 28.9 Å². The van der Waals surface area contributed by atoms with Crippen LogP contribution in [0.15, 0.2) is 22.9 Å². The molecule has 1 N–H and O–H groups in total. The fourth-order valence-corrected chi connectivity index (χ4v) is 1.33. The Labute approximate surface area is 85.2 Å². The van der Waals surface area contributed by atoms with Crippen LogP contribution in [0, 0.1) is 17.2 Å². The molecular weight excluding hydrogens is 232 g/mol. The second-order valence-electron chi connectivity index (χ2n) is 2.80. The van der Waals surface area contributed by atoms with Crippen LogP contribution in [0.5, 0.6) is 0 Å².